The Balaban J connectivity index is 2.35. The van der Waals surface area contributed by atoms with E-state index in [9.17, 15) is 24.8 Å². The summed E-state index contributed by atoms with van der Waals surface area (Å²) < 4.78 is 0.102. The third-order valence-corrected chi connectivity index (χ3v) is 5.40. The Morgan fingerprint density at radius 2 is 2.16 bits per heavy atom. The molecule has 25 heavy (non-hydrogen) atoms. The Hall–Kier alpha value is -1.91. The first-order valence-corrected chi connectivity index (χ1v) is 9.69. The van der Waals surface area contributed by atoms with Crippen LogP contribution in [-0.4, -0.2) is 44.1 Å². The van der Waals surface area contributed by atoms with Gasteiger partial charge in [0.1, 0.15) is 4.32 Å². The second-order valence-corrected chi connectivity index (χ2v) is 7.65. The van der Waals surface area contributed by atoms with Gasteiger partial charge in [0, 0.05) is 6.07 Å². The summed E-state index contributed by atoms with van der Waals surface area (Å²) in [4.78, 5) is 35.7. The lowest BCUT2D eigenvalue weighted by molar-refractivity contribution is -0.385. The summed E-state index contributed by atoms with van der Waals surface area (Å²) >= 11 is 7.51. The fourth-order valence-corrected chi connectivity index (χ4v) is 4.05. The molecule has 7 nitrogen and oxygen atoms in total. The van der Waals surface area contributed by atoms with E-state index in [1.807, 2.05) is 6.26 Å². The molecule has 1 amide bonds. The highest BCUT2D eigenvalue weighted by atomic mass is 32.2. The first-order chi connectivity index (χ1) is 11.9. The Labute approximate surface area is 157 Å². The zero-order chi connectivity index (χ0) is 18.6. The van der Waals surface area contributed by atoms with Gasteiger partial charge in [0.2, 0.25) is 0 Å². The van der Waals surface area contributed by atoms with Gasteiger partial charge in [-0.15, -0.1) is 0 Å². The van der Waals surface area contributed by atoms with Crippen molar-refractivity contribution < 1.29 is 19.6 Å². The van der Waals surface area contributed by atoms with Crippen molar-refractivity contribution in [1.82, 2.24) is 4.90 Å². The van der Waals surface area contributed by atoms with Crippen molar-refractivity contribution in [3.63, 3.8) is 0 Å². The Morgan fingerprint density at radius 3 is 2.76 bits per heavy atom. The maximum Gasteiger partial charge on any atom is 0.276 e. The molecule has 0 radical (unpaired) electrons. The van der Waals surface area contributed by atoms with E-state index in [0.29, 0.717) is 5.75 Å². The predicted molar refractivity (Wildman–Crippen MR) is 99.9 cm³/mol. The summed E-state index contributed by atoms with van der Waals surface area (Å²) in [5.41, 5.74) is 0.105. The number of hydrogen-bond acceptors (Lipinski definition) is 8. The van der Waals surface area contributed by atoms with Gasteiger partial charge >= 0.3 is 0 Å². The molecule has 132 valence electrons. The van der Waals surface area contributed by atoms with Crippen molar-refractivity contribution in [2.24, 2.45) is 0 Å². The largest absolute Gasteiger partial charge is 0.548 e. The van der Waals surface area contributed by atoms with Crippen LogP contribution in [0.25, 0.3) is 6.08 Å². The highest BCUT2D eigenvalue weighted by Crippen LogP contribution is 2.36. The minimum atomic E-state index is -1.38. The fourth-order valence-electron chi connectivity index (χ4n) is 2.25. The number of carboxylic acid groups (broad SMARTS) is 1. The standard InChI is InChI=1S/C15H14N2O5S3/c1-24-7-6-11(14(19)20)16-13(18)12(25-15(16)23)8-9-4-2-3-5-10(9)17(21)22/h2-5,8,11H,6-7H2,1H3,(H,19,20)/p-1/b12-8+/t11-/m0/s1. The number of carboxylic acids is 1. The van der Waals surface area contributed by atoms with E-state index in [0.717, 1.165) is 16.7 Å². The molecule has 1 saturated heterocycles. The van der Waals surface area contributed by atoms with Gasteiger partial charge in [-0.1, -0.05) is 36.1 Å². The molecule has 0 spiro atoms. The van der Waals surface area contributed by atoms with Crippen LogP contribution in [0, 0.1) is 10.1 Å². The van der Waals surface area contributed by atoms with Crippen molar-refractivity contribution in [2.45, 2.75) is 12.5 Å². The number of para-hydroxylation sites is 1. The normalized spacial score (nSPS) is 17.2. The number of aliphatic carboxylic acids is 1. The van der Waals surface area contributed by atoms with E-state index in [4.69, 9.17) is 12.2 Å². The van der Waals surface area contributed by atoms with Gasteiger partial charge in [-0.05, 0) is 30.6 Å². The number of carbonyl (C=O) groups is 2. The quantitative estimate of drug-likeness (QED) is 0.296. The fraction of sp³-hybridized carbons (Fsp3) is 0.267. The molecule has 1 heterocycles. The van der Waals surface area contributed by atoms with Crippen LogP contribution in [0.15, 0.2) is 29.2 Å². The molecule has 0 aliphatic carbocycles. The molecule has 1 aromatic carbocycles. The average molecular weight is 397 g/mol. The Kier molecular flexibility index (Phi) is 6.57. The monoisotopic (exact) mass is 397 g/mol. The van der Waals surface area contributed by atoms with Gasteiger partial charge in [-0.3, -0.25) is 19.8 Å². The summed E-state index contributed by atoms with van der Waals surface area (Å²) in [6.07, 6.45) is 3.39. The van der Waals surface area contributed by atoms with E-state index < -0.39 is 22.8 Å². The molecule has 1 aromatic rings. The molecular formula is C15H13N2O5S3-. The van der Waals surface area contributed by atoms with Crippen LogP contribution in [0.1, 0.15) is 12.0 Å². The van der Waals surface area contributed by atoms with Crippen molar-refractivity contribution in [2.75, 3.05) is 12.0 Å². The number of benzene rings is 1. The van der Waals surface area contributed by atoms with Gasteiger partial charge in [-0.25, -0.2) is 0 Å². The third-order valence-electron chi connectivity index (χ3n) is 3.42. The summed E-state index contributed by atoms with van der Waals surface area (Å²) in [5.74, 6) is -1.43. The van der Waals surface area contributed by atoms with E-state index in [1.165, 1.54) is 36.0 Å². The second kappa shape index (κ2) is 8.45. The van der Waals surface area contributed by atoms with Crippen LogP contribution in [-0.2, 0) is 9.59 Å². The number of thioether (sulfide) groups is 2. The molecule has 0 unspecified atom stereocenters. The molecule has 1 atom stereocenters. The SMILES string of the molecule is CSCC[C@@H](C(=O)[O-])N1C(=O)/C(=C\c2ccccc2[N+](=O)[O-])SC1=S. The van der Waals surface area contributed by atoms with Gasteiger partial charge in [0.05, 0.1) is 27.4 Å². The van der Waals surface area contributed by atoms with E-state index in [-0.39, 0.29) is 26.9 Å². The van der Waals surface area contributed by atoms with Crippen molar-refractivity contribution in [1.29, 1.82) is 0 Å². The molecule has 0 saturated carbocycles. The molecule has 0 N–H and O–H groups in total. The zero-order valence-electron chi connectivity index (χ0n) is 13.0. The van der Waals surface area contributed by atoms with E-state index in [2.05, 4.69) is 0 Å². The van der Waals surface area contributed by atoms with E-state index >= 15 is 0 Å². The summed E-state index contributed by atoms with van der Waals surface area (Å²) in [6.45, 7) is 0. The highest BCUT2D eigenvalue weighted by Gasteiger charge is 2.37. The smallest absolute Gasteiger partial charge is 0.276 e. The topological polar surface area (TPSA) is 104 Å². The van der Waals surface area contributed by atoms with Crippen LogP contribution in [0.5, 0.6) is 0 Å². The van der Waals surface area contributed by atoms with Gasteiger partial charge < -0.3 is 9.90 Å². The van der Waals surface area contributed by atoms with Crippen molar-refractivity contribution in [3.05, 3.63) is 44.8 Å². The number of rotatable bonds is 7. The maximum atomic E-state index is 12.6. The van der Waals surface area contributed by atoms with Gasteiger partial charge in [0.25, 0.3) is 11.6 Å². The molecule has 10 heteroatoms. The number of carbonyl (C=O) groups excluding carboxylic acids is 2. The van der Waals surface area contributed by atoms with Crippen LogP contribution < -0.4 is 5.11 Å². The molecule has 1 aliphatic rings. The van der Waals surface area contributed by atoms with Crippen molar-refractivity contribution >= 4 is 63.7 Å². The minimum Gasteiger partial charge on any atom is -0.548 e. The molecule has 0 bridgehead atoms. The Bertz CT molecular complexity index is 765. The number of nitrogens with zero attached hydrogens (tertiary/aromatic N) is 2. The number of amides is 1. The lowest BCUT2D eigenvalue weighted by Crippen LogP contribution is -2.50. The summed E-state index contributed by atoms with van der Waals surface area (Å²) in [7, 11) is 0. The van der Waals surface area contributed by atoms with Crippen molar-refractivity contribution in [3.8, 4) is 0 Å². The van der Waals surface area contributed by atoms with Gasteiger partial charge in [0.15, 0.2) is 0 Å². The van der Waals surface area contributed by atoms with E-state index in [1.54, 1.807) is 6.07 Å². The lowest BCUT2D eigenvalue weighted by atomic mass is 10.1. The second-order valence-electron chi connectivity index (χ2n) is 4.98. The number of nitro benzene ring substituents is 1. The number of hydrogen-bond donors (Lipinski definition) is 0. The van der Waals surface area contributed by atoms with Crippen LogP contribution in [0.3, 0.4) is 0 Å². The summed E-state index contributed by atoms with van der Waals surface area (Å²) in [5, 5.41) is 22.5. The first-order valence-electron chi connectivity index (χ1n) is 7.07. The van der Waals surface area contributed by atoms with Crippen LogP contribution >= 0.6 is 35.7 Å². The minimum absolute atomic E-state index is 0.102. The predicted octanol–water partition coefficient (Wildman–Crippen LogP) is 1.67. The molecule has 1 aliphatic heterocycles. The number of nitro groups is 1. The first kappa shape index (κ1) is 19.4. The maximum absolute atomic E-state index is 12.6. The molecule has 1 fully saturated rings. The molecular weight excluding hydrogens is 384 g/mol. The van der Waals surface area contributed by atoms with Crippen LogP contribution in [0.4, 0.5) is 5.69 Å². The summed E-state index contributed by atoms with van der Waals surface area (Å²) in [6, 6.07) is 4.82. The molecule has 0 aromatic heterocycles. The lowest BCUT2D eigenvalue weighted by Gasteiger charge is -2.27. The molecule has 2 rings (SSSR count). The number of thiocarbonyl (C=S) groups is 1. The third kappa shape index (κ3) is 4.39. The highest BCUT2D eigenvalue weighted by molar-refractivity contribution is 8.26. The van der Waals surface area contributed by atoms with Crippen LogP contribution in [0.2, 0.25) is 0 Å². The average Bonchev–Trinajstić information content (AvgIpc) is 2.83. The Morgan fingerprint density at radius 1 is 1.48 bits per heavy atom. The zero-order valence-corrected chi connectivity index (χ0v) is 15.5. The van der Waals surface area contributed by atoms with Gasteiger partial charge in [-0.2, -0.15) is 11.8 Å².